The molecular formula is C6H10N2OS2. The van der Waals surface area contributed by atoms with Crippen LogP contribution in [-0.2, 0) is 16.3 Å². The zero-order chi connectivity index (χ0) is 8.48. The van der Waals surface area contributed by atoms with Gasteiger partial charge in [-0.15, -0.1) is 11.3 Å². The van der Waals surface area contributed by atoms with Crippen molar-refractivity contribution in [3.63, 3.8) is 0 Å². The normalized spacial score (nSPS) is 16.2. The molecule has 0 amide bonds. The molecule has 62 valence electrons. The predicted octanol–water partition coefficient (Wildman–Crippen LogP) is 1.24. The van der Waals surface area contributed by atoms with E-state index in [9.17, 15) is 4.21 Å². The molecule has 0 aromatic carbocycles. The van der Waals surface area contributed by atoms with Crippen LogP contribution < -0.4 is 5.73 Å². The molecule has 0 spiro atoms. The number of hydrogen-bond acceptors (Lipinski definition) is 4. The van der Waals surface area contributed by atoms with Crippen molar-refractivity contribution >= 4 is 21.1 Å². The van der Waals surface area contributed by atoms with Crippen molar-refractivity contribution in [2.45, 2.75) is 11.4 Å². The van der Waals surface area contributed by atoms with Crippen LogP contribution in [-0.4, -0.2) is 10.5 Å². The Morgan fingerprint density at radius 3 is 2.73 bits per heavy atom. The van der Waals surface area contributed by atoms with Crippen molar-refractivity contribution in [3.05, 3.63) is 16.3 Å². The van der Waals surface area contributed by atoms with Crippen molar-refractivity contribution in [2.75, 3.05) is 6.26 Å². The van der Waals surface area contributed by atoms with Crippen LogP contribution in [0, 0.1) is 4.78 Å². The van der Waals surface area contributed by atoms with Gasteiger partial charge in [-0.25, -0.2) is 8.99 Å². The Kier molecular flexibility index (Phi) is 2.31. The van der Waals surface area contributed by atoms with Crippen molar-refractivity contribution < 1.29 is 4.21 Å². The smallest absolute Gasteiger partial charge is 0.0705 e. The van der Waals surface area contributed by atoms with Gasteiger partial charge in [0.1, 0.15) is 0 Å². The Bertz CT molecular complexity index is 339. The molecule has 0 aliphatic rings. The maximum atomic E-state index is 11.2. The Morgan fingerprint density at radius 1 is 1.82 bits per heavy atom. The van der Waals surface area contributed by atoms with Crippen molar-refractivity contribution in [1.29, 1.82) is 4.78 Å². The highest BCUT2D eigenvalue weighted by molar-refractivity contribution is 7.91. The summed E-state index contributed by atoms with van der Waals surface area (Å²) in [4.78, 5) is 1.56. The fraction of sp³-hybridized carbons (Fsp3) is 0.333. The third-order valence-electron chi connectivity index (χ3n) is 1.28. The van der Waals surface area contributed by atoms with E-state index >= 15 is 0 Å². The molecule has 0 radical (unpaired) electrons. The van der Waals surface area contributed by atoms with Crippen molar-refractivity contribution in [2.24, 2.45) is 5.73 Å². The molecule has 1 aromatic rings. The van der Waals surface area contributed by atoms with Crippen LogP contribution in [0.2, 0.25) is 0 Å². The number of thiophene rings is 1. The van der Waals surface area contributed by atoms with E-state index in [1.54, 1.807) is 11.4 Å². The highest BCUT2D eigenvalue weighted by Crippen LogP contribution is 2.18. The number of rotatable bonds is 2. The highest BCUT2D eigenvalue weighted by atomic mass is 32.2. The van der Waals surface area contributed by atoms with E-state index in [-0.39, 0.29) is 0 Å². The highest BCUT2D eigenvalue weighted by Gasteiger charge is 2.05. The molecule has 0 bridgehead atoms. The van der Waals surface area contributed by atoms with Crippen LogP contribution in [0.3, 0.4) is 0 Å². The Labute approximate surface area is 70.2 Å². The van der Waals surface area contributed by atoms with Gasteiger partial charge in [0.05, 0.1) is 14.6 Å². The summed E-state index contributed by atoms with van der Waals surface area (Å²) in [6, 6.07) is 1.74. The minimum absolute atomic E-state index is 0.459. The summed E-state index contributed by atoms with van der Waals surface area (Å²) in [5.74, 6) is 0. The molecular weight excluding hydrogens is 180 g/mol. The minimum atomic E-state index is -2.54. The van der Waals surface area contributed by atoms with E-state index in [0.29, 0.717) is 11.4 Å². The second-order valence-electron chi connectivity index (χ2n) is 2.30. The lowest BCUT2D eigenvalue weighted by Crippen LogP contribution is -1.94. The standard InChI is InChI=1S/C6H10N2OS2/c1-11(8,9)6-2-5(3-7)10-4-6/h2,4,8H,3,7H2,1H3. The largest absolute Gasteiger partial charge is 0.326 e. The lowest BCUT2D eigenvalue weighted by molar-refractivity contribution is 0.679. The average Bonchev–Trinajstić information content (AvgIpc) is 2.32. The molecule has 11 heavy (non-hydrogen) atoms. The number of hydrogen-bond donors (Lipinski definition) is 2. The summed E-state index contributed by atoms with van der Waals surface area (Å²) in [6.07, 6.45) is 1.41. The summed E-state index contributed by atoms with van der Waals surface area (Å²) < 4.78 is 18.4. The Morgan fingerprint density at radius 2 is 2.45 bits per heavy atom. The summed E-state index contributed by atoms with van der Waals surface area (Å²) in [5.41, 5.74) is 5.36. The summed E-state index contributed by atoms with van der Waals surface area (Å²) >= 11 is 1.45. The second kappa shape index (κ2) is 2.92. The van der Waals surface area contributed by atoms with E-state index in [1.807, 2.05) is 0 Å². The first kappa shape index (κ1) is 8.70. The fourth-order valence-electron chi connectivity index (χ4n) is 0.672. The Balaban J connectivity index is 3.09. The molecule has 3 N–H and O–H groups in total. The van der Waals surface area contributed by atoms with Crippen LogP contribution in [0.1, 0.15) is 4.88 Å². The van der Waals surface area contributed by atoms with E-state index < -0.39 is 9.73 Å². The SMILES string of the molecule is CS(=N)(=O)c1csc(CN)c1. The molecule has 0 saturated heterocycles. The number of nitrogens with two attached hydrogens (primary N) is 1. The Hall–Kier alpha value is -0.390. The second-order valence-corrected chi connectivity index (χ2v) is 5.45. The van der Waals surface area contributed by atoms with E-state index in [0.717, 1.165) is 4.88 Å². The molecule has 1 rings (SSSR count). The minimum Gasteiger partial charge on any atom is -0.326 e. The maximum absolute atomic E-state index is 11.2. The third-order valence-corrected chi connectivity index (χ3v) is 3.52. The first-order valence-corrected chi connectivity index (χ1v) is 5.90. The third kappa shape index (κ3) is 2.02. The van der Waals surface area contributed by atoms with Gasteiger partial charge in [0.2, 0.25) is 0 Å². The maximum Gasteiger partial charge on any atom is 0.0705 e. The quantitative estimate of drug-likeness (QED) is 0.737. The fourth-order valence-corrected chi connectivity index (χ4v) is 2.62. The summed E-state index contributed by atoms with van der Waals surface area (Å²) in [6.45, 7) is 0.459. The van der Waals surface area contributed by atoms with Crippen LogP contribution in [0.5, 0.6) is 0 Å². The van der Waals surface area contributed by atoms with Gasteiger partial charge in [0.15, 0.2) is 0 Å². The molecule has 1 unspecified atom stereocenters. The van der Waals surface area contributed by atoms with Gasteiger partial charge in [-0.1, -0.05) is 0 Å². The molecule has 3 nitrogen and oxygen atoms in total. The first-order valence-electron chi connectivity index (χ1n) is 3.05. The van der Waals surface area contributed by atoms with Gasteiger partial charge in [-0.3, -0.25) is 0 Å². The van der Waals surface area contributed by atoms with Crippen molar-refractivity contribution in [1.82, 2.24) is 0 Å². The van der Waals surface area contributed by atoms with Crippen LogP contribution >= 0.6 is 11.3 Å². The van der Waals surface area contributed by atoms with Gasteiger partial charge in [0, 0.05) is 23.1 Å². The van der Waals surface area contributed by atoms with Gasteiger partial charge in [-0.2, -0.15) is 0 Å². The van der Waals surface area contributed by atoms with Crippen molar-refractivity contribution in [3.8, 4) is 0 Å². The monoisotopic (exact) mass is 190 g/mol. The lowest BCUT2D eigenvalue weighted by Gasteiger charge is -1.92. The number of nitrogens with one attached hydrogen (secondary N) is 1. The van der Waals surface area contributed by atoms with E-state index in [4.69, 9.17) is 10.5 Å². The zero-order valence-electron chi connectivity index (χ0n) is 6.16. The van der Waals surface area contributed by atoms with E-state index in [2.05, 4.69) is 0 Å². The first-order chi connectivity index (χ1) is 5.04. The molecule has 1 heterocycles. The zero-order valence-corrected chi connectivity index (χ0v) is 7.80. The van der Waals surface area contributed by atoms with E-state index in [1.165, 1.54) is 17.6 Å². The average molecular weight is 190 g/mol. The summed E-state index contributed by atoms with van der Waals surface area (Å²) in [7, 11) is -2.54. The summed E-state index contributed by atoms with van der Waals surface area (Å²) in [5, 5.41) is 1.73. The molecule has 0 aliphatic carbocycles. The van der Waals surface area contributed by atoms with Gasteiger partial charge >= 0.3 is 0 Å². The topological polar surface area (TPSA) is 66.9 Å². The van der Waals surface area contributed by atoms with Crippen LogP contribution in [0.4, 0.5) is 0 Å². The van der Waals surface area contributed by atoms with Crippen LogP contribution in [0.25, 0.3) is 0 Å². The molecule has 0 aliphatic heterocycles. The molecule has 1 atom stereocenters. The predicted molar refractivity (Wildman–Crippen MR) is 47.3 cm³/mol. The lowest BCUT2D eigenvalue weighted by atomic mass is 10.5. The van der Waals surface area contributed by atoms with Gasteiger partial charge in [0.25, 0.3) is 0 Å². The molecule has 0 saturated carbocycles. The molecule has 1 aromatic heterocycles. The molecule has 0 fully saturated rings. The van der Waals surface area contributed by atoms with Crippen LogP contribution in [0.15, 0.2) is 16.3 Å². The molecule has 5 heteroatoms. The van der Waals surface area contributed by atoms with Gasteiger partial charge < -0.3 is 5.73 Å². The van der Waals surface area contributed by atoms with Gasteiger partial charge in [-0.05, 0) is 6.07 Å².